The second-order valence-electron chi connectivity index (χ2n) is 8.84. The van der Waals surface area contributed by atoms with E-state index in [-0.39, 0.29) is 24.0 Å². The number of halogens is 1. The van der Waals surface area contributed by atoms with Crippen molar-refractivity contribution in [3.8, 4) is 0 Å². The number of hydrogen-bond acceptors (Lipinski definition) is 4. The minimum Gasteiger partial charge on any atom is -0.376 e. The predicted octanol–water partition coefficient (Wildman–Crippen LogP) is 3.50. The zero-order valence-electron chi connectivity index (χ0n) is 18.9. The van der Waals surface area contributed by atoms with Crippen molar-refractivity contribution in [3.63, 3.8) is 0 Å². The quantitative estimate of drug-likeness (QED) is 0.325. The molecule has 3 heterocycles. The monoisotopic (exact) mass is 542 g/mol. The van der Waals surface area contributed by atoms with Gasteiger partial charge in [-0.3, -0.25) is 9.89 Å². The Bertz CT molecular complexity index is 661. The lowest BCUT2D eigenvalue weighted by atomic mass is 10.1. The Hall–Kier alpha value is -0.900. The maximum absolute atomic E-state index is 6.12. The molecule has 0 aliphatic carbocycles. The number of guanidine groups is 1. The van der Waals surface area contributed by atoms with Crippen LogP contribution in [0.3, 0.4) is 0 Å². The first kappa shape index (κ1) is 24.7. The fraction of sp³-hybridized carbons (Fsp3) is 0.708. The smallest absolute Gasteiger partial charge is 0.193 e. The number of rotatable bonds is 7. The lowest BCUT2D eigenvalue weighted by molar-refractivity contribution is -0.0367. The van der Waals surface area contributed by atoms with Gasteiger partial charge in [0.25, 0.3) is 0 Å². The molecule has 0 bridgehead atoms. The summed E-state index contributed by atoms with van der Waals surface area (Å²) < 4.78 is 11.8. The second-order valence-corrected chi connectivity index (χ2v) is 8.84. The van der Waals surface area contributed by atoms with Gasteiger partial charge in [0.1, 0.15) is 0 Å². The van der Waals surface area contributed by atoms with E-state index < -0.39 is 0 Å². The summed E-state index contributed by atoms with van der Waals surface area (Å²) in [4.78, 5) is 9.57. The molecule has 3 aliphatic heterocycles. The number of piperidine rings is 1. The van der Waals surface area contributed by atoms with E-state index in [0.29, 0.717) is 18.2 Å². The number of benzene rings is 1. The third kappa shape index (κ3) is 7.30. The first-order chi connectivity index (χ1) is 14.8. The fourth-order valence-electron chi connectivity index (χ4n) is 4.95. The SMILES string of the molecule is CN=C(NCC1CCCN1Cc1ccccc1)N1CCC(OCC2CCCO2)CC1.I. The van der Waals surface area contributed by atoms with Crippen LogP contribution < -0.4 is 5.32 Å². The number of ether oxygens (including phenoxy) is 2. The molecule has 2 unspecified atom stereocenters. The van der Waals surface area contributed by atoms with Crippen LogP contribution in [0.25, 0.3) is 0 Å². The van der Waals surface area contributed by atoms with Crippen LogP contribution in [0.4, 0.5) is 0 Å². The lowest BCUT2D eigenvalue weighted by Gasteiger charge is -2.35. The van der Waals surface area contributed by atoms with Crippen molar-refractivity contribution in [2.75, 3.05) is 46.4 Å². The largest absolute Gasteiger partial charge is 0.376 e. The zero-order valence-corrected chi connectivity index (χ0v) is 21.2. The van der Waals surface area contributed by atoms with Crippen LogP contribution in [0.5, 0.6) is 0 Å². The zero-order chi connectivity index (χ0) is 20.6. The first-order valence-electron chi connectivity index (χ1n) is 11.8. The van der Waals surface area contributed by atoms with Crippen LogP contribution in [0.1, 0.15) is 44.1 Å². The second kappa shape index (κ2) is 13.0. The van der Waals surface area contributed by atoms with Gasteiger partial charge < -0.3 is 19.7 Å². The van der Waals surface area contributed by atoms with Gasteiger partial charge in [-0.05, 0) is 50.6 Å². The standard InChI is InChI=1S/C24H38N4O2.HI/c1-25-24(27-14-11-22(12-15-27)30-19-23-10-6-16-29-23)26-17-21-9-5-13-28(21)18-20-7-3-2-4-8-20;/h2-4,7-8,21-23H,5-6,9-19H2,1H3,(H,25,26);1H. The van der Waals surface area contributed by atoms with Crippen LogP contribution in [0.2, 0.25) is 0 Å². The average molecular weight is 543 g/mol. The van der Waals surface area contributed by atoms with Crippen LogP contribution >= 0.6 is 24.0 Å². The molecule has 6 nitrogen and oxygen atoms in total. The summed E-state index contributed by atoms with van der Waals surface area (Å²) in [6, 6.07) is 11.4. The molecule has 0 spiro atoms. The van der Waals surface area contributed by atoms with Crippen LogP contribution in [-0.4, -0.2) is 80.4 Å². The number of hydrogen-bond donors (Lipinski definition) is 1. The van der Waals surface area contributed by atoms with Crippen molar-refractivity contribution in [1.29, 1.82) is 0 Å². The predicted molar refractivity (Wildman–Crippen MR) is 136 cm³/mol. The third-order valence-corrected chi connectivity index (χ3v) is 6.72. The van der Waals surface area contributed by atoms with Gasteiger partial charge in [-0.15, -0.1) is 24.0 Å². The van der Waals surface area contributed by atoms with Crippen molar-refractivity contribution < 1.29 is 9.47 Å². The molecule has 7 heteroatoms. The van der Waals surface area contributed by atoms with E-state index in [4.69, 9.17) is 9.47 Å². The number of nitrogens with zero attached hydrogens (tertiary/aromatic N) is 3. The molecule has 2 atom stereocenters. The number of likely N-dealkylation sites (tertiary alicyclic amines) is 2. The molecule has 0 amide bonds. The molecule has 4 rings (SSSR count). The van der Waals surface area contributed by atoms with E-state index in [1.807, 2.05) is 7.05 Å². The Morgan fingerprint density at radius 1 is 1.10 bits per heavy atom. The summed E-state index contributed by atoms with van der Waals surface area (Å²) in [6.07, 6.45) is 7.69. The van der Waals surface area contributed by atoms with Gasteiger partial charge in [-0.1, -0.05) is 30.3 Å². The van der Waals surface area contributed by atoms with Crippen LogP contribution in [-0.2, 0) is 16.0 Å². The van der Waals surface area contributed by atoms with Gasteiger partial charge in [0.15, 0.2) is 5.96 Å². The maximum Gasteiger partial charge on any atom is 0.193 e. The van der Waals surface area contributed by atoms with Gasteiger partial charge in [-0.2, -0.15) is 0 Å². The Balaban J connectivity index is 0.00000272. The lowest BCUT2D eigenvalue weighted by Crippen LogP contribution is -2.50. The molecule has 174 valence electrons. The summed E-state index contributed by atoms with van der Waals surface area (Å²) in [5.74, 6) is 1.04. The van der Waals surface area contributed by atoms with E-state index in [1.54, 1.807) is 0 Å². The molecular formula is C24H39IN4O2. The van der Waals surface area contributed by atoms with E-state index in [1.165, 1.54) is 31.4 Å². The molecule has 3 aliphatic rings. The summed E-state index contributed by atoms with van der Waals surface area (Å²) in [5.41, 5.74) is 1.40. The van der Waals surface area contributed by atoms with Gasteiger partial charge in [0.2, 0.25) is 0 Å². The molecular weight excluding hydrogens is 503 g/mol. The van der Waals surface area contributed by atoms with Gasteiger partial charge in [0.05, 0.1) is 18.8 Å². The molecule has 1 N–H and O–H groups in total. The Labute approximate surface area is 204 Å². The Morgan fingerprint density at radius 3 is 2.61 bits per heavy atom. The topological polar surface area (TPSA) is 49.3 Å². The van der Waals surface area contributed by atoms with E-state index in [9.17, 15) is 0 Å². The Morgan fingerprint density at radius 2 is 1.90 bits per heavy atom. The highest BCUT2D eigenvalue weighted by Crippen LogP contribution is 2.20. The van der Waals surface area contributed by atoms with Crippen molar-refractivity contribution >= 4 is 29.9 Å². The average Bonchev–Trinajstić information content (AvgIpc) is 3.46. The van der Waals surface area contributed by atoms with Crippen LogP contribution in [0.15, 0.2) is 35.3 Å². The number of aliphatic imine (C=N–C) groups is 1. The van der Waals surface area contributed by atoms with Crippen molar-refractivity contribution in [2.45, 2.75) is 63.3 Å². The molecule has 3 fully saturated rings. The van der Waals surface area contributed by atoms with E-state index >= 15 is 0 Å². The molecule has 0 saturated carbocycles. The van der Waals surface area contributed by atoms with Crippen molar-refractivity contribution in [1.82, 2.24) is 15.1 Å². The highest BCUT2D eigenvalue weighted by Gasteiger charge is 2.27. The normalized spacial score (nSPS) is 25.6. The third-order valence-electron chi connectivity index (χ3n) is 6.72. The molecule has 0 radical (unpaired) electrons. The minimum absolute atomic E-state index is 0. The van der Waals surface area contributed by atoms with E-state index in [0.717, 1.165) is 64.6 Å². The van der Waals surface area contributed by atoms with Gasteiger partial charge in [-0.25, -0.2) is 0 Å². The molecule has 0 aromatic heterocycles. The molecule has 1 aromatic rings. The van der Waals surface area contributed by atoms with Crippen molar-refractivity contribution in [2.24, 2.45) is 4.99 Å². The highest BCUT2D eigenvalue weighted by molar-refractivity contribution is 14.0. The van der Waals surface area contributed by atoms with Gasteiger partial charge in [0, 0.05) is 45.9 Å². The Kier molecular flexibility index (Phi) is 10.3. The van der Waals surface area contributed by atoms with E-state index in [2.05, 4.69) is 50.4 Å². The summed E-state index contributed by atoms with van der Waals surface area (Å²) >= 11 is 0. The summed E-state index contributed by atoms with van der Waals surface area (Å²) in [7, 11) is 1.90. The summed E-state index contributed by atoms with van der Waals surface area (Å²) in [6.45, 7) is 6.87. The minimum atomic E-state index is 0. The molecule has 31 heavy (non-hydrogen) atoms. The van der Waals surface area contributed by atoms with Gasteiger partial charge >= 0.3 is 0 Å². The summed E-state index contributed by atoms with van der Waals surface area (Å²) in [5, 5.41) is 3.66. The maximum atomic E-state index is 6.12. The fourth-order valence-corrected chi connectivity index (χ4v) is 4.95. The molecule has 1 aromatic carbocycles. The first-order valence-corrected chi connectivity index (χ1v) is 11.8. The van der Waals surface area contributed by atoms with Crippen molar-refractivity contribution in [3.05, 3.63) is 35.9 Å². The van der Waals surface area contributed by atoms with Crippen LogP contribution in [0, 0.1) is 0 Å². The highest BCUT2D eigenvalue weighted by atomic mass is 127. The molecule has 3 saturated heterocycles. The number of nitrogens with one attached hydrogen (secondary N) is 1.